The summed E-state index contributed by atoms with van der Waals surface area (Å²) in [6.07, 6.45) is 1.79. The van der Waals surface area contributed by atoms with Crippen molar-refractivity contribution >= 4 is 50.4 Å². The fourth-order valence-corrected chi connectivity index (χ4v) is 5.31. The van der Waals surface area contributed by atoms with Crippen molar-refractivity contribution in [1.82, 2.24) is 15.2 Å². The number of aromatic nitrogens is 1. The van der Waals surface area contributed by atoms with Crippen LogP contribution >= 0.6 is 38.6 Å². The monoisotopic (exact) mass is 455 g/mol. The van der Waals surface area contributed by atoms with Crippen LogP contribution in [0.25, 0.3) is 9.88 Å². The number of hydrogen-bond donors (Lipinski definition) is 1. The van der Waals surface area contributed by atoms with Crippen molar-refractivity contribution in [3.05, 3.63) is 27.0 Å². The summed E-state index contributed by atoms with van der Waals surface area (Å²) in [6, 6.07) is 2.20. The lowest BCUT2D eigenvalue weighted by atomic mass is 9.95. The Morgan fingerprint density at radius 3 is 2.65 bits per heavy atom. The van der Waals surface area contributed by atoms with Crippen LogP contribution < -0.4 is 5.32 Å². The molecule has 0 bridgehead atoms. The van der Waals surface area contributed by atoms with E-state index in [2.05, 4.69) is 26.2 Å². The van der Waals surface area contributed by atoms with Crippen LogP contribution in [0, 0.1) is 5.92 Å². The molecule has 1 aliphatic heterocycles. The number of carbonyl (C=O) groups is 2. The van der Waals surface area contributed by atoms with Crippen molar-refractivity contribution in [1.29, 1.82) is 0 Å². The lowest BCUT2D eigenvalue weighted by molar-refractivity contribution is -0.135. The van der Waals surface area contributed by atoms with E-state index in [0.717, 1.165) is 32.9 Å². The SMILES string of the molecule is CC(C)NC(=O)C1CCN(C(=O)Cc2csc(-c3cc(Br)cs3)n2)CC1. The molecule has 5 nitrogen and oxygen atoms in total. The Bertz CT molecular complexity index is 779. The molecule has 140 valence electrons. The van der Waals surface area contributed by atoms with Crippen molar-refractivity contribution in [2.24, 2.45) is 5.92 Å². The summed E-state index contributed by atoms with van der Waals surface area (Å²) >= 11 is 6.66. The summed E-state index contributed by atoms with van der Waals surface area (Å²) in [5.41, 5.74) is 0.819. The molecule has 2 aromatic rings. The number of thiophene rings is 1. The van der Waals surface area contributed by atoms with Gasteiger partial charge < -0.3 is 10.2 Å². The van der Waals surface area contributed by atoms with E-state index in [9.17, 15) is 9.59 Å². The molecule has 0 unspecified atom stereocenters. The van der Waals surface area contributed by atoms with Gasteiger partial charge in [-0.3, -0.25) is 9.59 Å². The number of halogens is 1. The number of nitrogens with one attached hydrogen (secondary N) is 1. The zero-order chi connectivity index (χ0) is 18.7. The lowest BCUT2D eigenvalue weighted by Gasteiger charge is -2.31. The Morgan fingerprint density at radius 2 is 2.04 bits per heavy atom. The van der Waals surface area contributed by atoms with Gasteiger partial charge in [-0.25, -0.2) is 4.98 Å². The molecule has 0 atom stereocenters. The fourth-order valence-electron chi connectivity index (χ4n) is 2.99. The maximum Gasteiger partial charge on any atom is 0.228 e. The van der Waals surface area contributed by atoms with Crippen LogP contribution in [0.4, 0.5) is 0 Å². The number of nitrogens with zero attached hydrogens (tertiary/aromatic N) is 2. The van der Waals surface area contributed by atoms with Crippen molar-refractivity contribution in [3.63, 3.8) is 0 Å². The second-order valence-electron chi connectivity index (χ2n) is 6.77. The standard InChI is InChI=1S/C18H22BrN3O2S2/c1-11(2)20-17(24)12-3-5-22(6-4-12)16(23)8-14-10-26-18(21-14)15-7-13(19)9-25-15/h7,9-12H,3-6,8H2,1-2H3,(H,20,24). The molecule has 0 spiro atoms. The van der Waals surface area contributed by atoms with Gasteiger partial charge in [-0.1, -0.05) is 0 Å². The quantitative estimate of drug-likeness (QED) is 0.742. The number of piperidine rings is 1. The van der Waals surface area contributed by atoms with Crippen LogP contribution in [-0.2, 0) is 16.0 Å². The number of thiazole rings is 1. The smallest absolute Gasteiger partial charge is 0.228 e. The molecule has 0 aliphatic carbocycles. The zero-order valence-electron chi connectivity index (χ0n) is 14.8. The van der Waals surface area contributed by atoms with E-state index in [0.29, 0.717) is 19.5 Å². The molecule has 8 heteroatoms. The summed E-state index contributed by atoms with van der Waals surface area (Å²) in [6.45, 7) is 5.22. The van der Waals surface area contributed by atoms with E-state index in [1.807, 2.05) is 35.6 Å². The third-order valence-electron chi connectivity index (χ3n) is 4.31. The Morgan fingerprint density at radius 1 is 1.31 bits per heavy atom. The molecule has 0 aromatic carbocycles. The van der Waals surface area contributed by atoms with E-state index in [1.165, 1.54) is 0 Å². The van der Waals surface area contributed by atoms with Crippen molar-refractivity contribution in [3.8, 4) is 9.88 Å². The Balaban J connectivity index is 1.52. The number of carbonyl (C=O) groups excluding carboxylic acids is 2. The van der Waals surface area contributed by atoms with Gasteiger partial charge in [-0.05, 0) is 48.7 Å². The largest absolute Gasteiger partial charge is 0.354 e. The predicted molar refractivity (Wildman–Crippen MR) is 109 cm³/mol. The van der Waals surface area contributed by atoms with Crippen LogP contribution in [0.5, 0.6) is 0 Å². The van der Waals surface area contributed by atoms with Gasteiger partial charge in [0.15, 0.2) is 0 Å². The van der Waals surface area contributed by atoms with E-state index in [4.69, 9.17) is 0 Å². The highest BCUT2D eigenvalue weighted by molar-refractivity contribution is 9.10. The molecule has 0 radical (unpaired) electrons. The first-order valence-corrected chi connectivity index (χ1v) is 11.2. The molecule has 1 saturated heterocycles. The van der Waals surface area contributed by atoms with Crippen LogP contribution in [0.2, 0.25) is 0 Å². The van der Waals surface area contributed by atoms with Gasteiger partial charge in [-0.2, -0.15) is 0 Å². The summed E-state index contributed by atoms with van der Waals surface area (Å²) in [5.74, 6) is 0.222. The van der Waals surface area contributed by atoms with Gasteiger partial charge in [0.2, 0.25) is 11.8 Å². The van der Waals surface area contributed by atoms with E-state index < -0.39 is 0 Å². The predicted octanol–water partition coefficient (Wildman–Crippen LogP) is 3.94. The normalized spacial score (nSPS) is 15.5. The van der Waals surface area contributed by atoms with Crippen LogP contribution in [0.1, 0.15) is 32.4 Å². The third kappa shape index (κ3) is 4.92. The average Bonchev–Trinajstić information content (AvgIpc) is 3.23. The van der Waals surface area contributed by atoms with Gasteiger partial charge in [0, 0.05) is 40.3 Å². The minimum Gasteiger partial charge on any atom is -0.354 e. The number of hydrogen-bond acceptors (Lipinski definition) is 5. The van der Waals surface area contributed by atoms with Crippen molar-refractivity contribution in [2.45, 2.75) is 39.2 Å². The first kappa shape index (κ1) is 19.5. The van der Waals surface area contributed by atoms with Gasteiger partial charge in [-0.15, -0.1) is 22.7 Å². The van der Waals surface area contributed by atoms with Gasteiger partial charge in [0.05, 0.1) is 17.0 Å². The van der Waals surface area contributed by atoms with Crippen LogP contribution in [-0.4, -0.2) is 40.8 Å². The summed E-state index contributed by atoms with van der Waals surface area (Å²) in [7, 11) is 0. The minimum atomic E-state index is 0.0181. The first-order chi connectivity index (χ1) is 12.4. The molecule has 3 rings (SSSR count). The molecule has 26 heavy (non-hydrogen) atoms. The minimum absolute atomic E-state index is 0.0181. The Kier molecular flexibility index (Phi) is 6.47. The number of rotatable bonds is 5. The molecule has 0 saturated carbocycles. The molecule has 2 aromatic heterocycles. The molecule has 1 fully saturated rings. The Labute approximate surface area is 169 Å². The lowest BCUT2D eigenvalue weighted by Crippen LogP contribution is -2.44. The second-order valence-corrected chi connectivity index (χ2v) is 9.45. The molecule has 2 amide bonds. The molecule has 1 aliphatic rings. The number of amides is 2. The van der Waals surface area contributed by atoms with Crippen molar-refractivity contribution in [2.75, 3.05) is 13.1 Å². The topological polar surface area (TPSA) is 62.3 Å². The van der Waals surface area contributed by atoms with Crippen molar-refractivity contribution < 1.29 is 9.59 Å². The van der Waals surface area contributed by atoms with Gasteiger partial charge in [0.1, 0.15) is 5.01 Å². The number of likely N-dealkylation sites (tertiary alicyclic amines) is 1. The highest BCUT2D eigenvalue weighted by Gasteiger charge is 2.27. The summed E-state index contributed by atoms with van der Waals surface area (Å²) in [5, 5.41) is 7.91. The van der Waals surface area contributed by atoms with E-state index >= 15 is 0 Å². The molecule has 1 N–H and O–H groups in total. The average molecular weight is 456 g/mol. The van der Waals surface area contributed by atoms with Gasteiger partial charge in [0.25, 0.3) is 0 Å². The zero-order valence-corrected chi connectivity index (χ0v) is 18.0. The molecular weight excluding hydrogens is 434 g/mol. The maximum atomic E-state index is 12.6. The summed E-state index contributed by atoms with van der Waals surface area (Å²) in [4.78, 5) is 32.2. The fraction of sp³-hybridized carbons (Fsp3) is 0.500. The Hall–Kier alpha value is -1.25. The molecule has 3 heterocycles. The summed E-state index contributed by atoms with van der Waals surface area (Å²) < 4.78 is 1.05. The third-order valence-corrected chi connectivity index (χ3v) is 7.06. The highest BCUT2D eigenvalue weighted by Crippen LogP contribution is 2.32. The van der Waals surface area contributed by atoms with Crippen LogP contribution in [0.3, 0.4) is 0 Å². The van der Waals surface area contributed by atoms with E-state index in [-0.39, 0.29) is 23.8 Å². The maximum absolute atomic E-state index is 12.6. The van der Waals surface area contributed by atoms with Crippen LogP contribution in [0.15, 0.2) is 21.3 Å². The first-order valence-electron chi connectivity index (χ1n) is 8.69. The van der Waals surface area contributed by atoms with Gasteiger partial charge >= 0.3 is 0 Å². The molecular formula is C18H22BrN3O2S2. The highest BCUT2D eigenvalue weighted by atomic mass is 79.9. The second kappa shape index (κ2) is 8.63. The van der Waals surface area contributed by atoms with E-state index in [1.54, 1.807) is 22.7 Å².